The Balaban J connectivity index is 3.05. The molecule has 0 aliphatic heterocycles. The molecule has 1 rings (SSSR count). The van der Waals surface area contributed by atoms with Gasteiger partial charge in [0.2, 0.25) is 0 Å². The molecule has 0 radical (unpaired) electrons. The quantitative estimate of drug-likeness (QED) is 0.828. The van der Waals surface area contributed by atoms with E-state index in [9.17, 15) is 4.39 Å². The number of benzene rings is 1. The van der Waals surface area contributed by atoms with Crippen molar-refractivity contribution in [2.75, 3.05) is 18.5 Å². The zero-order chi connectivity index (χ0) is 11.4. The molecule has 0 aromatic heterocycles. The first-order chi connectivity index (χ1) is 7.06. The van der Waals surface area contributed by atoms with E-state index in [2.05, 4.69) is 11.8 Å². The number of nitrogens with zero attached hydrogens (tertiary/aromatic N) is 1. The van der Waals surface area contributed by atoms with Gasteiger partial charge in [-0.3, -0.25) is 0 Å². The van der Waals surface area contributed by atoms with Gasteiger partial charge in [0.15, 0.2) is 0 Å². The van der Waals surface area contributed by atoms with Gasteiger partial charge in [0.25, 0.3) is 0 Å². The van der Waals surface area contributed by atoms with Crippen molar-refractivity contribution in [3.8, 4) is 0 Å². The second-order valence-corrected chi connectivity index (χ2v) is 3.91. The van der Waals surface area contributed by atoms with Crippen LogP contribution in [0.5, 0.6) is 0 Å². The van der Waals surface area contributed by atoms with Gasteiger partial charge in [-0.2, -0.15) is 0 Å². The summed E-state index contributed by atoms with van der Waals surface area (Å²) in [5, 5.41) is 0. The Morgan fingerprint density at radius 3 is 2.67 bits per heavy atom. The van der Waals surface area contributed by atoms with Crippen molar-refractivity contribution >= 4 is 5.69 Å². The first-order valence-electron chi connectivity index (χ1n) is 5.32. The Morgan fingerprint density at radius 2 is 2.13 bits per heavy atom. The van der Waals surface area contributed by atoms with Crippen LogP contribution in [0.2, 0.25) is 0 Å². The first-order valence-corrected chi connectivity index (χ1v) is 5.32. The van der Waals surface area contributed by atoms with Gasteiger partial charge >= 0.3 is 0 Å². The van der Waals surface area contributed by atoms with Gasteiger partial charge < -0.3 is 10.6 Å². The fourth-order valence-electron chi connectivity index (χ4n) is 1.69. The topological polar surface area (TPSA) is 29.3 Å². The zero-order valence-electron chi connectivity index (χ0n) is 9.63. The Kier molecular flexibility index (Phi) is 4.09. The molecule has 0 spiro atoms. The summed E-state index contributed by atoms with van der Waals surface area (Å²) < 4.78 is 13.1. The van der Waals surface area contributed by atoms with E-state index in [4.69, 9.17) is 5.73 Å². The average Bonchev–Trinajstić information content (AvgIpc) is 2.17. The van der Waals surface area contributed by atoms with Gasteiger partial charge in [0.05, 0.1) is 0 Å². The van der Waals surface area contributed by atoms with Crippen LogP contribution in [0.25, 0.3) is 0 Å². The molecule has 3 heteroatoms. The highest BCUT2D eigenvalue weighted by Crippen LogP contribution is 2.25. The van der Waals surface area contributed by atoms with Gasteiger partial charge in [-0.1, -0.05) is 6.92 Å². The minimum absolute atomic E-state index is 0.144. The van der Waals surface area contributed by atoms with Crippen molar-refractivity contribution in [2.24, 2.45) is 5.73 Å². The molecule has 0 bridgehead atoms. The largest absolute Gasteiger partial charge is 0.374 e. The van der Waals surface area contributed by atoms with E-state index in [1.807, 2.05) is 14.0 Å². The third-order valence-corrected chi connectivity index (χ3v) is 2.45. The molecule has 0 aliphatic rings. The van der Waals surface area contributed by atoms with Crippen LogP contribution in [-0.2, 0) is 0 Å². The molecule has 0 saturated heterocycles. The molecule has 84 valence electrons. The summed E-state index contributed by atoms with van der Waals surface area (Å²) in [6.45, 7) is 4.94. The highest BCUT2D eigenvalue weighted by atomic mass is 19.1. The van der Waals surface area contributed by atoms with Gasteiger partial charge in [-0.15, -0.1) is 0 Å². The molecule has 1 aromatic carbocycles. The van der Waals surface area contributed by atoms with E-state index in [0.29, 0.717) is 0 Å². The van der Waals surface area contributed by atoms with Crippen LogP contribution < -0.4 is 10.6 Å². The molecular weight excluding hydrogens is 191 g/mol. The first kappa shape index (κ1) is 12.0. The molecular formula is C12H19FN2. The molecule has 0 heterocycles. The van der Waals surface area contributed by atoms with E-state index in [0.717, 1.165) is 24.2 Å². The van der Waals surface area contributed by atoms with Gasteiger partial charge in [-0.25, -0.2) is 4.39 Å². The minimum atomic E-state index is -0.226. The Morgan fingerprint density at radius 1 is 1.47 bits per heavy atom. The van der Waals surface area contributed by atoms with Crippen molar-refractivity contribution < 1.29 is 4.39 Å². The summed E-state index contributed by atoms with van der Waals surface area (Å²) in [5.74, 6) is -0.226. The Hall–Kier alpha value is -1.09. The summed E-state index contributed by atoms with van der Waals surface area (Å²) in [7, 11) is 2.00. The predicted molar refractivity (Wildman–Crippen MR) is 62.6 cm³/mol. The van der Waals surface area contributed by atoms with Gasteiger partial charge in [0.1, 0.15) is 5.82 Å². The monoisotopic (exact) mass is 210 g/mol. The molecule has 1 aromatic rings. The fraction of sp³-hybridized carbons (Fsp3) is 0.500. The van der Waals surface area contributed by atoms with E-state index in [1.54, 1.807) is 6.07 Å². The normalized spacial score (nSPS) is 12.6. The highest BCUT2D eigenvalue weighted by Gasteiger charge is 2.11. The lowest BCUT2D eigenvalue weighted by atomic mass is 10.1. The highest BCUT2D eigenvalue weighted by molar-refractivity contribution is 5.54. The van der Waals surface area contributed by atoms with Crippen LogP contribution in [-0.4, -0.2) is 13.6 Å². The molecule has 1 unspecified atom stereocenters. The molecule has 2 N–H and O–H groups in total. The maximum Gasteiger partial charge on any atom is 0.123 e. The van der Waals surface area contributed by atoms with E-state index in [1.165, 1.54) is 12.1 Å². The van der Waals surface area contributed by atoms with Crippen LogP contribution in [0.15, 0.2) is 18.2 Å². The molecule has 2 nitrogen and oxygen atoms in total. The fourth-order valence-corrected chi connectivity index (χ4v) is 1.69. The molecule has 0 aliphatic carbocycles. The summed E-state index contributed by atoms with van der Waals surface area (Å²) in [6.07, 6.45) is 1.06. The predicted octanol–water partition coefficient (Wildman–Crippen LogP) is 2.69. The lowest BCUT2D eigenvalue weighted by Crippen LogP contribution is -2.21. The van der Waals surface area contributed by atoms with Crippen LogP contribution in [0.1, 0.15) is 31.9 Å². The molecule has 0 amide bonds. The minimum Gasteiger partial charge on any atom is -0.374 e. The second kappa shape index (κ2) is 5.12. The van der Waals surface area contributed by atoms with Crippen molar-refractivity contribution in [3.05, 3.63) is 29.6 Å². The smallest absolute Gasteiger partial charge is 0.123 e. The molecule has 15 heavy (non-hydrogen) atoms. The Labute approximate surface area is 90.9 Å². The van der Waals surface area contributed by atoms with Crippen LogP contribution in [0.4, 0.5) is 10.1 Å². The summed E-state index contributed by atoms with van der Waals surface area (Å²) in [5.41, 5.74) is 7.71. The van der Waals surface area contributed by atoms with Crippen molar-refractivity contribution in [1.29, 1.82) is 0 Å². The lowest BCUT2D eigenvalue weighted by Gasteiger charge is -2.23. The van der Waals surface area contributed by atoms with Crippen LogP contribution in [0, 0.1) is 5.82 Å². The van der Waals surface area contributed by atoms with E-state index in [-0.39, 0.29) is 11.9 Å². The van der Waals surface area contributed by atoms with Gasteiger partial charge in [-0.05, 0) is 37.1 Å². The summed E-state index contributed by atoms with van der Waals surface area (Å²) >= 11 is 0. The molecule has 1 atom stereocenters. The number of anilines is 1. The lowest BCUT2D eigenvalue weighted by molar-refractivity contribution is 0.621. The number of hydrogen-bond acceptors (Lipinski definition) is 2. The third-order valence-electron chi connectivity index (χ3n) is 2.45. The number of rotatable bonds is 4. The SMILES string of the molecule is CCCN(C)c1ccc(F)cc1C(C)N. The van der Waals surface area contributed by atoms with E-state index < -0.39 is 0 Å². The summed E-state index contributed by atoms with van der Waals surface area (Å²) in [6, 6.07) is 4.65. The molecule has 0 saturated carbocycles. The third kappa shape index (κ3) is 2.93. The van der Waals surface area contributed by atoms with Crippen molar-refractivity contribution in [1.82, 2.24) is 0 Å². The number of halogens is 1. The standard InChI is InChI=1S/C12H19FN2/c1-4-7-15(3)12-6-5-10(13)8-11(12)9(2)14/h5-6,8-9H,4,7,14H2,1-3H3. The Bertz CT molecular complexity index is 323. The second-order valence-electron chi connectivity index (χ2n) is 3.91. The van der Waals surface area contributed by atoms with Gasteiger partial charge in [0, 0.05) is 25.3 Å². The van der Waals surface area contributed by atoms with Crippen molar-refractivity contribution in [3.63, 3.8) is 0 Å². The maximum absolute atomic E-state index is 13.1. The van der Waals surface area contributed by atoms with Crippen LogP contribution >= 0.6 is 0 Å². The number of hydrogen-bond donors (Lipinski definition) is 1. The zero-order valence-corrected chi connectivity index (χ0v) is 9.63. The maximum atomic E-state index is 13.1. The average molecular weight is 210 g/mol. The molecule has 0 fully saturated rings. The van der Waals surface area contributed by atoms with Crippen molar-refractivity contribution in [2.45, 2.75) is 26.3 Å². The summed E-state index contributed by atoms with van der Waals surface area (Å²) in [4.78, 5) is 2.11. The van der Waals surface area contributed by atoms with Crippen LogP contribution in [0.3, 0.4) is 0 Å². The number of nitrogens with two attached hydrogens (primary N) is 1. The van der Waals surface area contributed by atoms with E-state index >= 15 is 0 Å².